The van der Waals surface area contributed by atoms with E-state index in [2.05, 4.69) is 50.9 Å². The molecule has 0 aliphatic heterocycles. The third kappa shape index (κ3) is 3.38. The van der Waals surface area contributed by atoms with Crippen LogP contribution in [-0.4, -0.2) is 4.98 Å². The second kappa shape index (κ2) is 6.37. The minimum Gasteiger partial charge on any atom is -0.486 e. The molecule has 4 heteroatoms. The molecule has 0 aliphatic rings. The number of nitrogens with zero attached hydrogens (tertiary/aromatic N) is 1. The van der Waals surface area contributed by atoms with Crippen LogP contribution in [-0.2, 0) is 13.2 Å². The molecular weight excluding hydrogens is 268 g/mol. The maximum atomic E-state index is 5.90. The van der Waals surface area contributed by atoms with Gasteiger partial charge in [-0.15, -0.1) is 11.3 Å². The van der Waals surface area contributed by atoms with Gasteiger partial charge in [0.05, 0.1) is 5.69 Å². The highest BCUT2D eigenvalue weighted by Gasteiger charge is 2.13. The van der Waals surface area contributed by atoms with Crippen molar-refractivity contribution in [2.45, 2.75) is 46.8 Å². The topological polar surface area (TPSA) is 48.1 Å². The van der Waals surface area contributed by atoms with Crippen LogP contribution in [0.5, 0.6) is 5.75 Å². The normalized spacial score (nSPS) is 11.1. The van der Waals surface area contributed by atoms with Crippen molar-refractivity contribution in [1.82, 2.24) is 4.98 Å². The molecule has 1 heterocycles. The van der Waals surface area contributed by atoms with Crippen LogP contribution < -0.4 is 10.5 Å². The Hall–Kier alpha value is -1.39. The van der Waals surface area contributed by atoms with E-state index in [1.165, 1.54) is 10.4 Å². The Balaban J connectivity index is 2.13. The first kappa shape index (κ1) is 15.0. The largest absolute Gasteiger partial charge is 0.486 e. The van der Waals surface area contributed by atoms with Gasteiger partial charge in [-0.25, -0.2) is 4.98 Å². The number of hydrogen-bond donors (Lipinski definition) is 1. The summed E-state index contributed by atoms with van der Waals surface area (Å²) in [7, 11) is 0. The monoisotopic (exact) mass is 290 g/mol. The van der Waals surface area contributed by atoms with Crippen LogP contribution in [0.3, 0.4) is 0 Å². The summed E-state index contributed by atoms with van der Waals surface area (Å²) in [6.07, 6.45) is 0. The molecule has 0 aliphatic carbocycles. The van der Waals surface area contributed by atoms with E-state index in [0.717, 1.165) is 22.0 Å². The molecule has 108 valence electrons. The maximum Gasteiger partial charge on any atom is 0.140 e. The minimum absolute atomic E-state index is 0.402. The fraction of sp³-hybridized carbons (Fsp3) is 0.438. The molecule has 2 aromatic rings. The zero-order valence-electron chi connectivity index (χ0n) is 12.6. The number of hydrogen-bond acceptors (Lipinski definition) is 4. The molecule has 0 bridgehead atoms. The lowest BCUT2D eigenvalue weighted by molar-refractivity contribution is 0.303. The van der Waals surface area contributed by atoms with E-state index in [1.54, 1.807) is 11.3 Å². The summed E-state index contributed by atoms with van der Waals surface area (Å²) in [4.78, 5) is 5.83. The molecule has 3 nitrogen and oxygen atoms in total. The molecule has 0 amide bonds. The van der Waals surface area contributed by atoms with Gasteiger partial charge in [-0.3, -0.25) is 0 Å². The number of benzene rings is 1. The zero-order valence-corrected chi connectivity index (χ0v) is 13.4. The highest BCUT2D eigenvalue weighted by atomic mass is 32.1. The fourth-order valence-electron chi connectivity index (χ4n) is 2.08. The molecule has 1 aromatic heterocycles. The van der Waals surface area contributed by atoms with E-state index in [9.17, 15) is 0 Å². The summed E-state index contributed by atoms with van der Waals surface area (Å²) in [5.74, 6) is 1.33. The first-order chi connectivity index (χ1) is 9.51. The Kier molecular flexibility index (Phi) is 4.78. The van der Waals surface area contributed by atoms with E-state index in [-0.39, 0.29) is 0 Å². The van der Waals surface area contributed by atoms with Gasteiger partial charge in [-0.1, -0.05) is 26.0 Å². The molecule has 20 heavy (non-hydrogen) atoms. The van der Waals surface area contributed by atoms with Gasteiger partial charge in [0, 0.05) is 11.4 Å². The Morgan fingerprint density at radius 1 is 1.30 bits per heavy atom. The van der Waals surface area contributed by atoms with Crippen LogP contribution in [0, 0.1) is 13.8 Å². The Morgan fingerprint density at radius 2 is 2.05 bits per heavy atom. The van der Waals surface area contributed by atoms with Crippen molar-refractivity contribution in [1.29, 1.82) is 0 Å². The predicted molar refractivity (Wildman–Crippen MR) is 84.3 cm³/mol. The van der Waals surface area contributed by atoms with Crippen LogP contribution in [0.1, 0.15) is 46.5 Å². The van der Waals surface area contributed by atoms with E-state index < -0.39 is 0 Å². The molecule has 0 unspecified atom stereocenters. The summed E-state index contributed by atoms with van der Waals surface area (Å²) in [5.41, 5.74) is 9.24. The molecule has 1 aromatic carbocycles. The van der Waals surface area contributed by atoms with Crippen LogP contribution in [0.4, 0.5) is 0 Å². The van der Waals surface area contributed by atoms with E-state index in [0.29, 0.717) is 19.1 Å². The van der Waals surface area contributed by atoms with Crippen molar-refractivity contribution in [2.75, 3.05) is 0 Å². The SMILES string of the molecule is Cc1ccc(C)c(OCc2nc(C(C)C)c(CN)s2)c1. The van der Waals surface area contributed by atoms with Crippen molar-refractivity contribution in [3.63, 3.8) is 0 Å². The molecule has 0 saturated carbocycles. The van der Waals surface area contributed by atoms with Crippen LogP contribution >= 0.6 is 11.3 Å². The minimum atomic E-state index is 0.402. The number of aryl methyl sites for hydroxylation is 2. The van der Waals surface area contributed by atoms with Gasteiger partial charge in [0.25, 0.3) is 0 Å². The molecule has 0 fully saturated rings. The van der Waals surface area contributed by atoms with Gasteiger partial charge in [0.2, 0.25) is 0 Å². The summed E-state index contributed by atoms with van der Waals surface area (Å²) in [6, 6.07) is 6.24. The first-order valence-corrected chi connectivity index (χ1v) is 7.71. The van der Waals surface area contributed by atoms with Crippen molar-refractivity contribution in [3.05, 3.63) is 44.9 Å². The summed E-state index contributed by atoms with van der Waals surface area (Å²) >= 11 is 1.66. The van der Waals surface area contributed by atoms with Crippen LogP contribution in [0.25, 0.3) is 0 Å². The smallest absolute Gasteiger partial charge is 0.140 e. The maximum absolute atomic E-state index is 5.90. The van der Waals surface area contributed by atoms with Gasteiger partial charge in [0.1, 0.15) is 17.4 Å². The van der Waals surface area contributed by atoms with Crippen molar-refractivity contribution in [2.24, 2.45) is 5.73 Å². The Bertz CT molecular complexity index is 590. The number of aromatic nitrogens is 1. The van der Waals surface area contributed by atoms with Crippen molar-refractivity contribution in [3.8, 4) is 5.75 Å². The molecular formula is C16H22N2OS. The van der Waals surface area contributed by atoms with Gasteiger partial charge < -0.3 is 10.5 Å². The predicted octanol–water partition coefficient (Wildman–Crippen LogP) is 3.92. The summed E-state index contributed by atoms with van der Waals surface area (Å²) in [5, 5.41) is 0.995. The van der Waals surface area contributed by atoms with Gasteiger partial charge in [-0.05, 0) is 37.0 Å². The molecule has 0 spiro atoms. The molecule has 0 atom stereocenters. The van der Waals surface area contributed by atoms with Gasteiger partial charge >= 0.3 is 0 Å². The number of nitrogens with two attached hydrogens (primary N) is 1. The van der Waals surface area contributed by atoms with Crippen LogP contribution in [0.2, 0.25) is 0 Å². The Morgan fingerprint density at radius 3 is 2.65 bits per heavy atom. The third-order valence-electron chi connectivity index (χ3n) is 3.20. The third-order valence-corrected chi connectivity index (χ3v) is 4.27. The molecule has 0 saturated heterocycles. The van der Waals surface area contributed by atoms with Gasteiger partial charge in [0.15, 0.2) is 0 Å². The van der Waals surface area contributed by atoms with E-state index >= 15 is 0 Å². The Labute approximate surface area is 124 Å². The first-order valence-electron chi connectivity index (χ1n) is 6.90. The van der Waals surface area contributed by atoms with Crippen molar-refractivity contribution >= 4 is 11.3 Å². The molecule has 2 rings (SSSR count). The second-order valence-corrected chi connectivity index (χ2v) is 6.50. The second-order valence-electron chi connectivity index (χ2n) is 5.33. The van der Waals surface area contributed by atoms with Crippen molar-refractivity contribution < 1.29 is 4.74 Å². The molecule has 2 N–H and O–H groups in total. The van der Waals surface area contributed by atoms with Crippen LogP contribution in [0.15, 0.2) is 18.2 Å². The average molecular weight is 290 g/mol. The lowest BCUT2D eigenvalue weighted by Crippen LogP contribution is -2.00. The highest BCUT2D eigenvalue weighted by Crippen LogP contribution is 2.26. The lowest BCUT2D eigenvalue weighted by Gasteiger charge is -2.08. The van der Waals surface area contributed by atoms with E-state index in [4.69, 9.17) is 10.5 Å². The summed E-state index contributed by atoms with van der Waals surface area (Å²) < 4.78 is 5.90. The number of ether oxygens (including phenoxy) is 1. The average Bonchev–Trinajstić information content (AvgIpc) is 2.83. The number of thiazole rings is 1. The fourth-order valence-corrected chi connectivity index (χ4v) is 3.09. The summed E-state index contributed by atoms with van der Waals surface area (Å²) in [6.45, 7) is 9.47. The molecule has 0 radical (unpaired) electrons. The number of rotatable bonds is 5. The lowest BCUT2D eigenvalue weighted by atomic mass is 10.1. The zero-order chi connectivity index (χ0) is 14.7. The standard InChI is InChI=1S/C16H22N2OS/c1-10(2)16-14(8-17)20-15(18-16)9-19-13-7-11(3)5-6-12(13)4/h5-7,10H,8-9,17H2,1-4H3. The van der Waals surface area contributed by atoms with E-state index in [1.807, 2.05) is 0 Å². The quantitative estimate of drug-likeness (QED) is 0.908. The van der Waals surface area contributed by atoms with Gasteiger partial charge in [-0.2, -0.15) is 0 Å². The highest BCUT2D eigenvalue weighted by molar-refractivity contribution is 7.11.